The highest BCUT2D eigenvalue weighted by Gasteiger charge is 2.30. The Morgan fingerprint density at radius 1 is 1.00 bits per heavy atom. The molecule has 4 rings (SSSR count). The first kappa shape index (κ1) is 22.4. The summed E-state index contributed by atoms with van der Waals surface area (Å²) < 4.78 is 41.4. The molecule has 0 saturated carbocycles. The van der Waals surface area contributed by atoms with E-state index < -0.39 is 26.2 Å². The van der Waals surface area contributed by atoms with Gasteiger partial charge in [-0.3, -0.25) is 13.7 Å². The molecule has 0 bridgehead atoms. The summed E-state index contributed by atoms with van der Waals surface area (Å²) in [4.78, 5) is 24.3. The lowest BCUT2D eigenvalue weighted by molar-refractivity contribution is 0.171. The Morgan fingerprint density at radius 3 is 2.42 bits per heavy atom. The molecule has 9 nitrogen and oxygen atoms in total. The van der Waals surface area contributed by atoms with Crippen molar-refractivity contribution in [3.05, 3.63) is 87.2 Å². The van der Waals surface area contributed by atoms with Gasteiger partial charge in [0, 0.05) is 26.4 Å². The highest BCUT2D eigenvalue weighted by Crippen LogP contribution is 2.35. The van der Waals surface area contributed by atoms with Crippen LogP contribution in [0.25, 0.3) is 6.08 Å². The molecule has 1 aliphatic rings. The minimum Gasteiger partial charge on any atom is -0.486 e. The maximum Gasteiger partial charge on any atom is 0.330 e. The van der Waals surface area contributed by atoms with Crippen molar-refractivity contribution in [1.29, 1.82) is 0 Å². The fourth-order valence-electron chi connectivity index (χ4n) is 3.45. The number of benzene rings is 2. The molecule has 0 amide bonds. The zero-order chi connectivity index (χ0) is 23.6. The van der Waals surface area contributed by atoms with Gasteiger partial charge in [0.15, 0.2) is 16.4 Å². The number of sulfonamides is 1. The number of rotatable bonds is 6. The molecule has 0 spiro atoms. The molecule has 3 aromatic rings. The lowest BCUT2D eigenvalue weighted by Crippen LogP contribution is -2.43. The molecular weight excluding hydrogens is 446 g/mol. The van der Waals surface area contributed by atoms with Crippen molar-refractivity contribution in [2.75, 3.05) is 24.1 Å². The van der Waals surface area contributed by atoms with Crippen LogP contribution in [0.1, 0.15) is 5.56 Å². The Kier molecular flexibility index (Phi) is 6.10. The smallest absolute Gasteiger partial charge is 0.330 e. The largest absolute Gasteiger partial charge is 0.486 e. The maximum atomic E-state index is 13.7. The van der Waals surface area contributed by atoms with Crippen LogP contribution in [0.2, 0.25) is 0 Å². The fraction of sp³-hybridized carbons (Fsp3) is 0.217. The Bertz CT molecular complexity index is 1420. The summed E-state index contributed by atoms with van der Waals surface area (Å²) in [5, 5.41) is 0. The van der Waals surface area contributed by atoms with Gasteiger partial charge in [-0.1, -0.05) is 42.5 Å². The molecular formula is C23H23N3O6S. The van der Waals surface area contributed by atoms with Crippen LogP contribution in [0.3, 0.4) is 0 Å². The van der Waals surface area contributed by atoms with E-state index in [4.69, 9.17) is 9.47 Å². The van der Waals surface area contributed by atoms with Crippen LogP contribution in [-0.2, 0) is 24.1 Å². The molecule has 0 N–H and O–H groups in total. The monoisotopic (exact) mass is 469 g/mol. The van der Waals surface area contributed by atoms with E-state index >= 15 is 0 Å². The average molecular weight is 470 g/mol. The molecule has 0 unspecified atom stereocenters. The van der Waals surface area contributed by atoms with Gasteiger partial charge in [-0.2, -0.15) is 0 Å². The molecule has 1 aromatic heterocycles. The van der Waals surface area contributed by atoms with Gasteiger partial charge in [0.2, 0.25) is 0 Å². The maximum absolute atomic E-state index is 13.7. The minimum atomic E-state index is -4.33. The van der Waals surface area contributed by atoms with Gasteiger partial charge in [-0.25, -0.2) is 13.2 Å². The topological polar surface area (TPSA) is 99.8 Å². The van der Waals surface area contributed by atoms with E-state index in [1.165, 1.54) is 14.1 Å². The summed E-state index contributed by atoms with van der Waals surface area (Å²) in [7, 11) is -1.70. The summed E-state index contributed by atoms with van der Waals surface area (Å²) in [6.45, 7) is 0.698. The standard InChI is InChI=1S/C23H23N3O6S/c1-24-16-21(22(27)25(2)23(24)28)33(29,30)26(12-6-9-17-7-4-3-5-8-17)18-10-11-19-20(15-18)32-14-13-31-19/h3-11,15-16H,12-14H2,1-2H3. The fourth-order valence-corrected chi connectivity index (χ4v) is 5.01. The van der Waals surface area contributed by atoms with E-state index in [9.17, 15) is 18.0 Å². The van der Waals surface area contributed by atoms with Crippen LogP contribution in [0.5, 0.6) is 11.5 Å². The molecule has 2 heterocycles. The van der Waals surface area contributed by atoms with E-state index in [-0.39, 0.29) is 6.54 Å². The molecule has 0 atom stereocenters. The van der Waals surface area contributed by atoms with Gasteiger partial charge in [0.05, 0.1) is 12.2 Å². The van der Waals surface area contributed by atoms with Crippen molar-refractivity contribution in [3.63, 3.8) is 0 Å². The second-order valence-electron chi connectivity index (χ2n) is 7.43. The van der Waals surface area contributed by atoms with Crippen LogP contribution in [-0.4, -0.2) is 37.3 Å². The van der Waals surface area contributed by atoms with E-state index in [1.54, 1.807) is 30.4 Å². The van der Waals surface area contributed by atoms with Crippen molar-refractivity contribution in [3.8, 4) is 11.5 Å². The zero-order valence-electron chi connectivity index (χ0n) is 18.2. The number of hydrogen-bond acceptors (Lipinski definition) is 6. The summed E-state index contributed by atoms with van der Waals surface area (Å²) in [5.41, 5.74) is -0.315. The van der Waals surface area contributed by atoms with Gasteiger partial charge >= 0.3 is 5.69 Å². The third-order valence-electron chi connectivity index (χ3n) is 5.18. The first-order valence-corrected chi connectivity index (χ1v) is 11.6. The number of aryl methyl sites for hydroxylation is 1. The van der Waals surface area contributed by atoms with Crippen LogP contribution < -0.4 is 25.0 Å². The summed E-state index contributed by atoms with van der Waals surface area (Å²) in [6, 6.07) is 14.2. The van der Waals surface area contributed by atoms with Crippen molar-refractivity contribution in [2.45, 2.75) is 4.90 Å². The van der Waals surface area contributed by atoms with Crippen molar-refractivity contribution in [1.82, 2.24) is 9.13 Å². The van der Waals surface area contributed by atoms with Crippen LogP contribution in [0, 0.1) is 0 Å². The normalized spacial score (nSPS) is 13.3. The molecule has 0 radical (unpaired) electrons. The van der Waals surface area contributed by atoms with Gasteiger partial charge in [-0.15, -0.1) is 0 Å². The Hall–Kier alpha value is -3.79. The number of anilines is 1. The van der Waals surface area contributed by atoms with Crippen molar-refractivity contribution < 1.29 is 17.9 Å². The van der Waals surface area contributed by atoms with Gasteiger partial charge in [-0.05, 0) is 17.7 Å². The van der Waals surface area contributed by atoms with E-state index in [0.717, 1.165) is 25.2 Å². The minimum absolute atomic E-state index is 0.0527. The third kappa shape index (κ3) is 4.42. The second-order valence-corrected chi connectivity index (χ2v) is 9.26. The molecule has 0 saturated heterocycles. The van der Waals surface area contributed by atoms with Crippen molar-refractivity contribution in [2.24, 2.45) is 14.1 Å². The number of hydrogen-bond donors (Lipinski definition) is 0. The molecule has 33 heavy (non-hydrogen) atoms. The molecule has 0 fully saturated rings. The Morgan fingerprint density at radius 2 is 1.70 bits per heavy atom. The lowest BCUT2D eigenvalue weighted by Gasteiger charge is -2.25. The number of aromatic nitrogens is 2. The van der Waals surface area contributed by atoms with Gasteiger partial charge in [0.25, 0.3) is 15.6 Å². The zero-order valence-corrected chi connectivity index (χ0v) is 19.0. The average Bonchev–Trinajstić information content (AvgIpc) is 2.83. The summed E-state index contributed by atoms with van der Waals surface area (Å²) in [6.07, 6.45) is 4.53. The second kappa shape index (κ2) is 8.99. The van der Waals surface area contributed by atoms with E-state index in [1.807, 2.05) is 30.3 Å². The number of nitrogens with zero attached hydrogens (tertiary/aromatic N) is 3. The SMILES string of the molecule is Cn1cc(S(=O)(=O)N(CC=Cc2ccccc2)c2ccc3c(c2)OCCO3)c(=O)n(C)c1=O. The first-order chi connectivity index (χ1) is 15.8. The quantitative estimate of drug-likeness (QED) is 0.546. The van der Waals surface area contributed by atoms with E-state index in [2.05, 4.69) is 0 Å². The molecule has 1 aliphatic heterocycles. The molecule has 2 aromatic carbocycles. The predicted molar refractivity (Wildman–Crippen MR) is 124 cm³/mol. The molecule has 0 aliphatic carbocycles. The Balaban J connectivity index is 1.81. The Labute approximate surface area is 190 Å². The van der Waals surface area contributed by atoms with Gasteiger partial charge in [0.1, 0.15) is 13.2 Å². The molecule has 172 valence electrons. The van der Waals surface area contributed by atoms with E-state index in [0.29, 0.717) is 30.4 Å². The predicted octanol–water partition coefficient (Wildman–Crippen LogP) is 1.76. The van der Waals surface area contributed by atoms with Crippen LogP contribution in [0.4, 0.5) is 5.69 Å². The summed E-state index contributed by atoms with van der Waals surface area (Å²) in [5.74, 6) is 0.930. The summed E-state index contributed by atoms with van der Waals surface area (Å²) >= 11 is 0. The van der Waals surface area contributed by atoms with Gasteiger partial charge < -0.3 is 14.0 Å². The number of fused-ring (bicyclic) bond motifs is 1. The molecule has 10 heteroatoms. The van der Waals surface area contributed by atoms with Crippen LogP contribution >= 0.6 is 0 Å². The number of ether oxygens (including phenoxy) is 2. The van der Waals surface area contributed by atoms with Crippen molar-refractivity contribution >= 4 is 21.8 Å². The first-order valence-electron chi connectivity index (χ1n) is 10.2. The third-order valence-corrected chi connectivity index (χ3v) is 6.95. The lowest BCUT2D eigenvalue weighted by atomic mass is 10.2. The highest BCUT2D eigenvalue weighted by molar-refractivity contribution is 7.92. The highest BCUT2D eigenvalue weighted by atomic mass is 32.2. The van der Waals surface area contributed by atoms with Crippen LogP contribution in [0.15, 0.2) is 75.3 Å².